The first-order valence-electron chi connectivity index (χ1n) is 11.9. The third kappa shape index (κ3) is 4.49. The second kappa shape index (κ2) is 9.25. The molecule has 5 aromatic rings. The number of nitrogens with one attached hydrogen (secondary N) is 1. The molecule has 178 valence electrons. The fourth-order valence-corrected chi connectivity index (χ4v) is 4.29. The van der Waals surface area contributed by atoms with Crippen molar-refractivity contribution in [2.75, 3.05) is 0 Å². The summed E-state index contributed by atoms with van der Waals surface area (Å²) in [6, 6.07) is 14.4. The van der Waals surface area contributed by atoms with Crippen molar-refractivity contribution in [2.45, 2.75) is 39.5 Å². The Hall–Kier alpha value is -4.13. The normalized spacial score (nSPS) is 11.5. The van der Waals surface area contributed by atoms with Gasteiger partial charge < -0.3 is 18.9 Å². The van der Waals surface area contributed by atoms with E-state index in [0.29, 0.717) is 29.3 Å². The predicted octanol–water partition coefficient (Wildman–Crippen LogP) is 5.72. The summed E-state index contributed by atoms with van der Waals surface area (Å²) in [5.41, 5.74) is 4.70. The minimum Gasteiger partial charge on any atom is -0.440 e. The Balaban J connectivity index is 1.47. The summed E-state index contributed by atoms with van der Waals surface area (Å²) in [5.74, 6) is 3.41. The minimum absolute atomic E-state index is 0.376. The van der Waals surface area contributed by atoms with Crippen LogP contribution in [0.15, 0.2) is 73.4 Å². The summed E-state index contributed by atoms with van der Waals surface area (Å²) < 4.78 is 12.0. The average molecular weight is 467 g/mol. The molecular formula is C28H30N6O. The van der Waals surface area contributed by atoms with Gasteiger partial charge in [0, 0.05) is 24.8 Å². The van der Waals surface area contributed by atoms with Crippen LogP contribution in [0.5, 0.6) is 11.6 Å². The lowest BCUT2D eigenvalue weighted by Gasteiger charge is -2.21. The van der Waals surface area contributed by atoms with Crippen LogP contribution in [0.3, 0.4) is 0 Å². The Labute approximate surface area is 205 Å². The zero-order valence-corrected chi connectivity index (χ0v) is 20.7. The standard InChI is InChI=1S/C28H30N6O/c1-19(2)23-10-7-11-24(20(3)4)26(23)34-13-12-29-28(34)27-30-17-25(31-27)35-22-9-6-8-21(16-22)33-15-14-32(5)18-33/h6-17,19-20H,1-5H3,(H,30,31). The summed E-state index contributed by atoms with van der Waals surface area (Å²) in [7, 11) is 1.94. The number of ether oxygens (including phenoxy) is 1. The summed E-state index contributed by atoms with van der Waals surface area (Å²) in [6.07, 6.45) is 12.6. The number of H-pyrrole nitrogens is 1. The van der Waals surface area contributed by atoms with Gasteiger partial charge in [-0.15, -0.1) is 0 Å². The highest BCUT2D eigenvalue weighted by atomic mass is 16.5. The molecule has 0 aliphatic heterocycles. The molecule has 0 fully saturated rings. The average Bonchev–Trinajstić information content (AvgIpc) is 3.59. The molecule has 0 unspecified atom stereocenters. The first kappa shape index (κ1) is 22.7. The smallest absolute Gasteiger partial charge is 0.243 e. The quantitative estimate of drug-likeness (QED) is 0.247. The molecule has 0 radical (unpaired) electrons. The van der Waals surface area contributed by atoms with Gasteiger partial charge in [0.2, 0.25) is 12.2 Å². The molecule has 7 heteroatoms. The molecule has 0 saturated heterocycles. The SMILES string of the molecule is CC(C)c1cccc(C(C)C)c1-n1ccnc1-c1ncc(Oc2cccc(-[n+]3[c-]n(C)cc3)c2)[nH]1. The van der Waals surface area contributed by atoms with Gasteiger partial charge in [0.25, 0.3) is 0 Å². The lowest BCUT2D eigenvalue weighted by atomic mass is 9.92. The number of aromatic amines is 1. The summed E-state index contributed by atoms with van der Waals surface area (Å²) in [6.45, 7) is 8.88. The number of para-hydroxylation sites is 1. The van der Waals surface area contributed by atoms with Gasteiger partial charge in [0.1, 0.15) is 5.75 Å². The van der Waals surface area contributed by atoms with E-state index in [0.717, 1.165) is 11.5 Å². The maximum Gasteiger partial charge on any atom is 0.243 e. The molecular weight excluding hydrogens is 436 g/mol. The second-order valence-electron chi connectivity index (χ2n) is 9.29. The van der Waals surface area contributed by atoms with Crippen molar-refractivity contribution in [2.24, 2.45) is 7.05 Å². The minimum atomic E-state index is 0.376. The van der Waals surface area contributed by atoms with Crippen LogP contribution >= 0.6 is 0 Å². The molecule has 0 spiro atoms. The van der Waals surface area contributed by atoms with E-state index in [-0.39, 0.29) is 0 Å². The van der Waals surface area contributed by atoms with Gasteiger partial charge in [-0.1, -0.05) is 58.0 Å². The van der Waals surface area contributed by atoms with Crippen LogP contribution in [0.2, 0.25) is 0 Å². The highest BCUT2D eigenvalue weighted by molar-refractivity contribution is 5.58. The van der Waals surface area contributed by atoms with Crippen molar-refractivity contribution in [3.63, 3.8) is 0 Å². The lowest BCUT2D eigenvalue weighted by molar-refractivity contribution is -0.599. The van der Waals surface area contributed by atoms with E-state index in [2.05, 4.69) is 71.7 Å². The van der Waals surface area contributed by atoms with Crippen molar-refractivity contribution in [1.82, 2.24) is 24.1 Å². The van der Waals surface area contributed by atoms with Crippen LogP contribution in [0.25, 0.3) is 23.0 Å². The van der Waals surface area contributed by atoms with E-state index in [4.69, 9.17) is 4.74 Å². The monoisotopic (exact) mass is 466 g/mol. The number of imidazole rings is 3. The fourth-order valence-electron chi connectivity index (χ4n) is 4.29. The Kier molecular flexibility index (Phi) is 5.99. The van der Waals surface area contributed by atoms with Gasteiger partial charge in [-0.3, -0.25) is 4.57 Å². The second-order valence-corrected chi connectivity index (χ2v) is 9.29. The molecule has 0 saturated carbocycles. The maximum absolute atomic E-state index is 6.11. The Morgan fingerprint density at radius 1 is 0.971 bits per heavy atom. The van der Waals surface area contributed by atoms with Gasteiger partial charge in [-0.05, 0) is 35.1 Å². The zero-order valence-electron chi connectivity index (χ0n) is 20.7. The number of hydrogen-bond acceptors (Lipinski definition) is 3. The Bertz CT molecular complexity index is 1430. The first-order chi connectivity index (χ1) is 16.9. The van der Waals surface area contributed by atoms with Crippen molar-refractivity contribution < 1.29 is 9.30 Å². The summed E-state index contributed by atoms with van der Waals surface area (Å²) in [5, 5.41) is 0. The van der Waals surface area contributed by atoms with Gasteiger partial charge >= 0.3 is 0 Å². The molecule has 3 aromatic heterocycles. The van der Waals surface area contributed by atoms with Crippen molar-refractivity contribution in [3.05, 3.63) is 90.9 Å². The molecule has 0 bridgehead atoms. The van der Waals surface area contributed by atoms with Crippen LogP contribution in [0, 0.1) is 6.33 Å². The maximum atomic E-state index is 6.11. The zero-order chi connectivity index (χ0) is 24.5. The molecule has 1 N–H and O–H groups in total. The van der Waals surface area contributed by atoms with Crippen molar-refractivity contribution >= 4 is 0 Å². The number of benzene rings is 2. The van der Waals surface area contributed by atoms with Crippen molar-refractivity contribution in [3.8, 4) is 34.7 Å². The summed E-state index contributed by atoms with van der Waals surface area (Å²) >= 11 is 0. The van der Waals surface area contributed by atoms with E-state index in [1.54, 1.807) is 6.20 Å². The van der Waals surface area contributed by atoms with Crippen molar-refractivity contribution in [1.29, 1.82) is 0 Å². The largest absolute Gasteiger partial charge is 0.440 e. The lowest BCUT2D eigenvalue weighted by Crippen LogP contribution is -2.27. The van der Waals surface area contributed by atoms with E-state index in [9.17, 15) is 0 Å². The van der Waals surface area contributed by atoms with E-state index >= 15 is 0 Å². The highest BCUT2D eigenvalue weighted by Crippen LogP contribution is 2.33. The molecule has 2 aromatic carbocycles. The Morgan fingerprint density at radius 3 is 2.40 bits per heavy atom. The topological polar surface area (TPSA) is 64.5 Å². The third-order valence-corrected chi connectivity index (χ3v) is 6.02. The van der Waals surface area contributed by atoms with Gasteiger partial charge in [-0.25, -0.2) is 9.97 Å². The highest BCUT2D eigenvalue weighted by Gasteiger charge is 2.20. The number of rotatable bonds is 7. The molecule has 0 aliphatic carbocycles. The van der Waals surface area contributed by atoms with Crippen LogP contribution in [0.1, 0.15) is 50.7 Å². The molecule has 5 rings (SSSR count). The van der Waals surface area contributed by atoms with E-state index < -0.39 is 0 Å². The number of aromatic nitrogens is 6. The first-order valence-corrected chi connectivity index (χ1v) is 11.9. The van der Waals surface area contributed by atoms with Gasteiger partial charge in [0.05, 0.1) is 24.6 Å². The van der Waals surface area contributed by atoms with E-state index in [1.807, 2.05) is 65.2 Å². The molecule has 0 amide bonds. The van der Waals surface area contributed by atoms with E-state index in [1.165, 1.54) is 16.8 Å². The van der Waals surface area contributed by atoms with Crippen LogP contribution in [0.4, 0.5) is 0 Å². The molecule has 3 heterocycles. The fraction of sp³-hybridized carbons (Fsp3) is 0.250. The molecule has 35 heavy (non-hydrogen) atoms. The summed E-state index contributed by atoms with van der Waals surface area (Å²) in [4.78, 5) is 12.5. The number of nitrogens with zero attached hydrogens (tertiary/aromatic N) is 5. The predicted molar refractivity (Wildman–Crippen MR) is 135 cm³/mol. The number of hydrogen-bond donors (Lipinski definition) is 1. The molecule has 7 nitrogen and oxygen atoms in total. The van der Waals surface area contributed by atoms with Crippen LogP contribution in [-0.2, 0) is 7.05 Å². The van der Waals surface area contributed by atoms with Crippen LogP contribution < -0.4 is 9.30 Å². The number of aryl methyl sites for hydroxylation is 1. The Morgan fingerprint density at radius 2 is 1.71 bits per heavy atom. The van der Waals surface area contributed by atoms with Gasteiger partial charge in [0.15, 0.2) is 11.6 Å². The molecule has 0 aliphatic rings. The van der Waals surface area contributed by atoms with Crippen LogP contribution in [-0.4, -0.2) is 24.1 Å². The molecule has 0 atom stereocenters. The van der Waals surface area contributed by atoms with Gasteiger partial charge in [-0.2, -0.15) is 0 Å². The third-order valence-electron chi connectivity index (χ3n) is 6.02.